The number of hydrogen-bond acceptors (Lipinski definition) is 5. The minimum Gasteiger partial charge on any atom is -0.379 e. The summed E-state index contributed by atoms with van der Waals surface area (Å²) in [4.78, 5) is 26.5. The predicted octanol–water partition coefficient (Wildman–Crippen LogP) is 1.78. The Hall–Kier alpha value is -1.96. The number of anilines is 1. The maximum atomic E-state index is 12.2. The molecular weight excluding hydrogens is 346 g/mol. The fourth-order valence-corrected chi connectivity index (χ4v) is 2.95. The van der Waals surface area contributed by atoms with Crippen LogP contribution in [0.15, 0.2) is 24.3 Å². The van der Waals surface area contributed by atoms with Crippen molar-refractivity contribution in [3.05, 3.63) is 29.8 Å². The van der Waals surface area contributed by atoms with Crippen LogP contribution in [0.25, 0.3) is 0 Å². The van der Waals surface area contributed by atoms with E-state index >= 15 is 0 Å². The normalized spacial score (nSPS) is 15.9. The highest BCUT2D eigenvalue weighted by Gasteiger charge is 2.16. The summed E-state index contributed by atoms with van der Waals surface area (Å²) in [6.07, 6.45) is 0.671. The van der Waals surface area contributed by atoms with Crippen LogP contribution in [0.2, 0.25) is 0 Å². The topological polar surface area (TPSA) is 79.9 Å². The van der Waals surface area contributed by atoms with Crippen molar-refractivity contribution in [3.8, 4) is 0 Å². The van der Waals surface area contributed by atoms with Crippen molar-refractivity contribution < 1.29 is 19.1 Å². The minimum absolute atomic E-state index is 0.00919. The maximum Gasteiger partial charge on any atom is 0.249 e. The van der Waals surface area contributed by atoms with Crippen molar-refractivity contribution in [2.45, 2.75) is 39.3 Å². The van der Waals surface area contributed by atoms with Gasteiger partial charge in [-0.05, 0) is 31.0 Å². The summed E-state index contributed by atoms with van der Waals surface area (Å²) >= 11 is 0. The Balaban J connectivity index is 1.78. The molecule has 150 valence electrons. The van der Waals surface area contributed by atoms with E-state index in [1.54, 1.807) is 0 Å². The highest BCUT2D eigenvalue weighted by atomic mass is 16.5. The number of amides is 2. The van der Waals surface area contributed by atoms with Gasteiger partial charge in [0.1, 0.15) is 6.10 Å². The molecular formula is C20H31N3O4. The average Bonchev–Trinajstić information content (AvgIpc) is 2.70. The van der Waals surface area contributed by atoms with Gasteiger partial charge in [0.15, 0.2) is 0 Å². The van der Waals surface area contributed by atoms with Gasteiger partial charge < -0.3 is 20.1 Å². The first-order valence-electron chi connectivity index (χ1n) is 9.70. The molecule has 1 saturated heterocycles. The molecule has 1 atom stereocenters. The summed E-state index contributed by atoms with van der Waals surface area (Å²) in [7, 11) is 0. The molecule has 1 fully saturated rings. The predicted molar refractivity (Wildman–Crippen MR) is 104 cm³/mol. The van der Waals surface area contributed by atoms with E-state index in [2.05, 4.69) is 15.5 Å². The van der Waals surface area contributed by atoms with Crippen LogP contribution in [0.3, 0.4) is 0 Å². The number of morpholine rings is 1. The smallest absolute Gasteiger partial charge is 0.249 e. The van der Waals surface area contributed by atoms with Gasteiger partial charge in [0.2, 0.25) is 11.8 Å². The molecule has 1 heterocycles. The van der Waals surface area contributed by atoms with Gasteiger partial charge in [-0.15, -0.1) is 0 Å². The van der Waals surface area contributed by atoms with Gasteiger partial charge in [-0.2, -0.15) is 0 Å². The first-order valence-corrected chi connectivity index (χ1v) is 9.70. The molecule has 1 aliphatic heterocycles. The molecule has 0 aromatic heterocycles. The van der Waals surface area contributed by atoms with Crippen LogP contribution in [0, 0.1) is 0 Å². The van der Waals surface area contributed by atoms with Crippen LogP contribution >= 0.6 is 0 Å². The van der Waals surface area contributed by atoms with Gasteiger partial charge >= 0.3 is 0 Å². The van der Waals surface area contributed by atoms with E-state index < -0.39 is 6.10 Å². The van der Waals surface area contributed by atoms with Crippen LogP contribution in [0.1, 0.15) is 32.3 Å². The summed E-state index contributed by atoms with van der Waals surface area (Å²) in [5.41, 5.74) is 1.67. The van der Waals surface area contributed by atoms with E-state index in [-0.39, 0.29) is 11.8 Å². The molecule has 2 N–H and O–H groups in total. The summed E-state index contributed by atoms with van der Waals surface area (Å²) in [5, 5.41) is 5.82. The Morgan fingerprint density at radius 2 is 2.04 bits per heavy atom. The lowest BCUT2D eigenvalue weighted by molar-refractivity contribution is -0.132. The highest BCUT2D eigenvalue weighted by Crippen LogP contribution is 2.11. The van der Waals surface area contributed by atoms with Crippen molar-refractivity contribution in [1.29, 1.82) is 0 Å². The molecule has 2 amide bonds. The monoisotopic (exact) mass is 377 g/mol. The molecule has 0 aliphatic carbocycles. The van der Waals surface area contributed by atoms with E-state index in [4.69, 9.17) is 9.47 Å². The maximum absolute atomic E-state index is 12.2. The third-order valence-corrected chi connectivity index (χ3v) is 4.47. The molecule has 0 radical (unpaired) electrons. The van der Waals surface area contributed by atoms with Gasteiger partial charge in [0.05, 0.1) is 13.2 Å². The first-order chi connectivity index (χ1) is 13.1. The number of nitrogens with one attached hydrogen (secondary N) is 2. The number of nitrogens with zero attached hydrogens (tertiary/aromatic N) is 1. The molecule has 1 unspecified atom stereocenters. The minimum atomic E-state index is -0.418. The Labute approximate surface area is 161 Å². The van der Waals surface area contributed by atoms with E-state index in [0.29, 0.717) is 26.0 Å². The quantitative estimate of drug-likeness (QED) is 0.650. The number of carbonyl (C=O) groups is 2. The van der Waals surface area contributed by atoms with Gasteiger partial charge in [0, 0.05) is 44.9 Å². The average molecular weight is 377 g/mol. The zero-order valence-corrected chi connectivity index (χ0v) is 16.3. The third kappa shape index (κ3) is 7.66. The zero-order valence-electron chi connectivity index (χ0n) is 16.3. The lowest BCUT2D eigenvalue weighted by Gasteiger charge is -2.26. The molecule has 1 aromatic rings. The largest absolute Gasteiger partial charge is 0.379 e. The van der Waals surface area contributed by atoms with Crippen LogP contribution in [-0.2, 0) is 25.6 Å². The van der Waals surface area contributed by atoms with Crippen molar-refractivity contribution in [2.75, 3.05) is 44.8 Å². The lowest BCUT2D eigenvalue weighted by atomic mass is 10.2. The van der Waals surface area contributed by atoms with Crippen LogP contribution < -0.4 is 10.6 Å². The van der Waals surface area contributed by atoms with E-state index in [0.717, 1.165) is 44.1 Å². The third-order valence-electron chi connectivity index (χ3n) is 4.47. The SMILES string of the molecule is CCOC(CC)C(=O)NCc1cccc(NC(=O)CCN2CCOCC2)c1. The van der Waals surface area contributed by atoms with Crippen molar-refractivity contribution >= 4 is 17.5 Å². The van der Waals surface area contributed by atoms with Crippen LogP contribution in [0.5, 0.6) is 0 Å². The number of ether oxygens (including phenoxy) is 2. The van der Waals surface area contributed by atoms with E-state index in [1.165, 1.54) is 0 Å². The number of benzene rings is 1. The summed E-state index contributed by atoms with van der Waals surface area (Å²) < 4.78 is 10.7. The second-order valence-corrected chi connectivity index (χ2v) is 6.52. The highest BCUT2D eigenvalue weighted by molar-refractivity contribution is 5.90. The standard InChI is InChI=1S/C20H31N3O4/c1-3-18(27-4-2)20(25)21-15-16-6-5-7-17(14-16)22-19(24)8-9-23-10-12-26-13-11-23/h5-7,14,18H,3-4,8-13,15H2,1-2H3,(H,21,25)(H,22,24). The molecule has 7 nitrogen and oxygen atoms in total. The van der Waals surface area contributed by atoms with E-state index in [1.807, 2.05) is 38.1 Å². The van der Waals surface area contributed by atoms with Gasteiger partial charge in [-0.3, -0.25) is 14.5 Å². The Morgan fingerprint density at radius 1 is 1.26 bits per heavy atom. The summed E-state index contributed by atoms with van der Waals surface area (Å²) in [6.45, 7) is 8.67. The van der Waals surface area contributed by atoms with Crippen molar-refractivity contribution in [2.24, 2.45) is 0 Å². The second kappa shape index (κ2) is 11.7. The molecule has 7 heteroatoms. The summed E-state index contributed by atoms with van der Waals surface area (Å²) in [6, 6.07) is 7.53. The van der Waals surface area contributed by atoms with Gasteiger partial charge in [-0.1, -0.05) is 19.1 Å². The molecule has 2 rings (SSSR count). The fourth-order valence-electron chi connectivity index (χ4n) is 2.95. The molecule has 0 saturated carbocycles. The van der Waals surface area contributed by atoms with Crippen molar-refractivity contribution in [3.63, 3.8) is 0 Å². The Kier molecular flexibility index (Phi) is 9.24. The molecule has 0 bridgehead atoms. The van der Waals surface area contributed by atoms with Crippen molar-refractivity contribution in [1.82, 2.24) is 10.2 Å². The lowest BCUT2D eigenvalue weighted by Crippen LogP contribution is -2.38. The Morgan fingerprint density at radius 3 is 2.74 bits per heavy atom. The molecule has 1 aromatic carbocycles. The number of carbonyl (C=O) groups excluding carboxylic acids is 2. The first kappa shape index (κ1) is 21.3. The molecule has 0 spiro atoms. The van der Waals surface area contributed by atoms with E-state index in [9.17, 15) is 9.59 Å². The molecule has 1 aliphatic rings. The van der Waals surface area contributed by atoms with Crippen LogP contribution in [0.4, 0.5) is 5.69 Å². The van der Waals surface area contributed by atoms with Gasteiger partial charge in [0.25, 0.3) is 0 Å². The summed E-state index contributed by atoms with van der Waals surface area (Å²) in [5.74, 6) is -0.121. The Bertz CT molecular complexity index is 603. The fraction of sp³-hybridized carbons (Fsp3) is 0.600. The number of rotatable bonds is 10. The number of hydrogen-bond donors (Lipinski definition) is 2. The van der Waals surface area contributed by atoms with Gasteiger partial charge in [-0.25, -0.2) is 0 Å². The van der Waals surface area contributed by atoms with Crippen LogP contribution in [-0.4, -0.2) is 62.3 Å². The molecule has 27 heavy (non-hydrogen) atoms. The zero-order chi connectivity index (χ0) is 19.5. The second-order valence-electron chi connectivity index (χ2n) is 6.52.